The molecule has 4 heteroatoms. The van der Waals surface area contributed by atoms with Gasteiger partial charge < -0.3 is 0 Å². The van der Waals surface area contributed by atoms with E-state index in [2.05, 4.69) is 16.1 Å². The number of halogens is 1. The van der Waals surface area contributed by atoms with Crippen molar-refractivity contribution in [2.45, 2.75) is 6.92 Å². The van der Waals surface area contributed by atoms with Crippen LogP contribution in [0, 0.1) is 6.92 Å². The van der Waals surface area contributed by atoms with Gasteiger partial charge >= 0.3 is 0 Å². The standard InChI is InChI=1S/C15H12ClN3/c1-11-8-18-19(10-11)13-4-2-3-12(7-13)14-5-6-17-9-15(14)16/h2-10H,1H3. The number of rotatable bonds is 2. The Morgan fingerprint density at radius 1 is 1.16 bits per heavy atom. The molecular weight excluding hydrogens is 258 g/mol. The quantitative estimate of drug-likeness (QED) is 0.706. The van der Waals surface area contributed by atoms with Gasteiger partial charge in [0, 0.05) is 24.2 Å². The number of pyridine rings is 1. The zero-order valence-corrected chi connectivity index (χ0v) is 11.2. The molecule has 0 spiro atoms. The molecule has 0 N–H and O–H groups in total. The molecule has 0 radical (unpaired) electrons. The van der Waals surface area contributed by atoms with Crippen molar-refractivity contribution >= 4 is 11.6 Å². The Morgan fingerprint density at radius 3 is 2.79 bits per heavy atom. The van der Waals surface area contributed by atoms with Crippen molar-refractivity contribution in [1.82, 2.24) is 14.8 Å². The first-order valence-corrected chi connectivity index (χ1v) is 6.33. The average Bonchev–Trinajstić information content (AvgIpc) is 2.86. The fourth-order valence-corrected chi connectivity index (χ4v) is 2.21. The highest BCUT2D eigenvalue weighted by Gasteiger charge is 2.05. The van der Waals surface area contributed by atoms with E-state index in [1.54, 1.807) is 12.4 Å². The Hall–Kier alpha value is -2.13. The maximum Gasteiger partial charge on any atom is 0.0667 e. The minimum absolute atomic E-state index is 0.649. The molecule has 3 rings (SSSR count). The third-order valence-electron chi connectivity index (χ3n) is 2.91. The summed E-state index contributed by atoms with van der Waals surface area (Å²) < 4.78 is 1.86. The lowest BCUT2D eigenvalue weighted by molar-refractivity contribution is 0.880. The first-order chi connectivity index (χ1) is 9.24. The summed E-state index contributed by atoms with van der Waals surface area (Å²) >= 11 is 6.18. The molecule has 2 heterocycles. The van der Waals surface area contributed by atoms with Gasteiger partial charge in [0.15, 0.2) is 0 Å². The predicted octanol–water partition coefficient (Wildman–Crippen LogP) is 3.90. The van der Waals surface area contributed by atoms with Crippen LogP contribution in [0.1, 0.15) is 5.56 Å². The van der Waals surface area contributed by atoms with Crippen molar-refractivity contribution in [3.8, 4) is 16.8 Å². The molecule has 19 heavy (non-hydrogen) atoms. The summed E-state index contributed by atoms with van der Waals surface area (Å²) in [7, 11) is 0. The second-order valence-corrected chi connectivity index (χ2v) is 4.78. The Labute approximate surface area is 116 Å². The molecule has 0 fully saturated rings. The van der Waals surface area contributed by atoms with Crippen LogP contribution < -0.4 is 0 Å². The Morgan fingerprint density at radius 2 is 2.05 bits per heavy atom. The molecule has 0 aliphatic carbocycles. The lowest BCUT2D eigenvalue weighted by atomic mass is 10.1. The minimum Gasteiger partial charge on any atom is -0.263 e. The van der Waals surface area contributed by atoms with E-state index in [4.69, 9.17) is 11.6 Å². The minimum atomic E-state index is 0.649. The van der Waals surface area contributed by atoms with Gasteiger partial charge in [0.05, 0.1) is 16.9 Å². The van der Waals surface area contributed by atoms with Crippen molar-refractivity contribution in [2.24, 2.45) is 0 Å². The zero-order chi connectivity index (χ0) is 13.2. The molecule has 3 nitrogen and oxygen atoms in total. The van der Waals surface area contributed by atoms with E-state index in [1.807, 2.05) is 48.3 Å². The number of aromatic nitrogens is 3. The SMILES string of the molecule is Cc1cnn(-c2cccc(-c3ccncc3Cl)c2)c1. The molecule has 0 saturated heterocycles. The summed E-state index contributed by atoms with van der Waals surface area (Å²) in [5.41, 5.74) is 4.17. The molecule has 3 aromatic rings. The second-order valence-electron chi connectivity index (χ2n) is 4.37. The van der Waals surface area contributed by atoms with Crippen molar-refractivity contribution in [1.29, 1.82) is 0 Å². The van der Waals surface area contributed by atoms with Crippen LogP contribution in [0.4, 0.5) is 0 Å². The van der Waals surface area contributed by atoms with Crippen molar-refractivity contribution < 1.29 is 0 Å². The van der Waals surface area contributed by atoms with Gasteiger partial charge in [0.1, 0.15) is 0 Å². The van der Waals surface area contributed by atoms with Gasteiger partial charge in [0.2, 0.25) is 0 Å². The van der Waals surface area contributed by atoms with Crippen LogP contribution in [0.2, 0.25) is 5.02 Å². The van der Waals surface area contributed by atoms with Gasteiger partial charge in [-0.3, -0.25) is 4.98 Å². The summed E-state index contributed by atoms with van der Waals surface area (Å²) in [5, 5.41) is 4.96. The molecule has 2 aromatic heterocycles. The zero-order valence-electron chi connectivity index (χ0n) is 10.4. The molecule has 0 unspecified atom stereocenters. The summed E-state index contributed by atoms with van der Waals surface area (Å²) in [4.78, 5) is 4.00. The third-order valence-corrected chi connectivity index (χ3v) is 3.21. The van der Waals surface area contributed by atoms with Crippen molar-refractivity contribution in [3.05, 3.63) is 65.7 Å². The Bertz CT molecular complexity index is 719. The maximum absolute atomic E-state index is 6.18. The molecule has 0 amide bonds. The van der Waals surface area contributed by atoms with E-state index in [0.717, 1.165) is 22.4 Å². The van der Waals surface area contributed by atoms with Crippen LogP contribution in [0.3, 0.4) is 0 Å². The van der Waals surface area contributed by atoms with E-state index < -0.39 is 0 Å². The molecular formula is C15H12ClN3. The summed E-state index contributed by atoms with van der Waals surface area (Å²) in [6, 6.07) is 10.0. The van der Waals surface area contributed by atoms with Gasteiger partial charge in [-0.15, -0.1) is 0 Å². The molecule has 0 aliphatic heterocycles. The third kappa shape index (κ3) is 2.37. The van der Waals surface area contributed by atoms with Crippen LogP contribution in [0.15, 0.2) is 55.1 Å². The van der Waals surface area contributed by atoms with Crippen LogP contribution in [-0.4, -0.2) is 14.8 Å². The number of hydrogen-bond acceptors (Lipinski definition) is 2. The van der Waals surface area contributed by atoms with E-state index in [9.17, 15) is 0 Å². The highest BCUT2D eigenvalue weighted by Crippen LogP contribution is 2.27. The first kappa shape index (κ1) is 11.9. The van der Waals surface area contributed by atoms with Crippen LogP contribution >= 0.6 is 11.6 Å². The highest BCUT2D eigenvalue weighted by atomic mass is 35.5. The molecule has 0 saturated carbocycles. The van der Waals surface area contributed by atoms with Crippen LogP contribution in [0.5, 0.6) is 0 Å². The van der Waals surface area contributed by atoms with Gasteiger partial charge in [-0.25, -0.2) is 4.68 Å². The molecule has 0 bridgehead atoms. The number of hydrogen-bond donors (Lipinski definition) is 0. The number of nitrogens with zero attached hydrogens (tertiary/aromatic N) is 3. The lowest BCUT2D eigenvalue weighted by Gasteiger charge is -2.07. The number of benzene rings is 1. The molecule has 1 aromatic carbocycles. The van der Waals surface area contributed by atoms with E-state index in [-0.39, 0.29) is 0 Å². The Balaban J connectivity index is 2.08. The second kappa shape index (κ2) is 4.86. The summed E-state index contributed by atoms with van der Waals surface area (Å²) in [6.07, 6.45) is 7.23. The fraction of sp³-hybridized carbons (Fsp3) is 0.0667. The maximum atomic E-state index is 6.18. The lowest BCUT2D eigenvalue weighted by Crippen LogP contribution is -1.94. The van der Waals surface area contributed by atoms with E-state index >= 15 is 0 Å². The van der Waals surface area contributed by atoms with Crippen LogP contribution in [0.25, 0.3) is 16.8 Å². The van der Waals surface area contributed by atoms with Gasteiger partial charge in [-0.2, -0.15) is 5.10 Å². The summed E-state index contributed by atoms with van der Waals surface area (Å²) in [6.45, 7) is 2.02. The normalized spacial score (nSPS) is 10.6. The molecule has 0 aliphatic rings. The highest BCUT2D eigenvalue weighted by molar-refractivity contribution is 6.33. The van der Waals surface area contributed by atoms with Gasteiger partial charge in [0.25, 0.3) is 0 Å². The first-order valence-electron chi connectivity index (χ1n) is 5.95. The molecule has 0 atom stereocenters. The van der Waals surface area contributed by atoms with Crippen molar-refractivity contribution in [2.75, 3.05) is 0 Å². The smallest absolute Gasteiger partial charge is 0.0667 e. The van der Waals surface area contributed by atoms with E-state index in [1.165, 1.54) is 0 Å². The van der Waals surface area contributed by atoms with Crippen molar-refractivity contribution in [3.63, 3.8) is 0 Å². The van der Waals surface area contributed by atoms with Crippen LogP contribution in [-0.2, 0) is 0 Å². The average molecular weight is 270 g/mol. The van der Waals surface area contributed by atoms with Gasteiger partial charge in [-0.1, -0.05) is 23.7 Å². The van der Waals surface area contributed by atoms with Gasteiger partial charge in [-0.05, 0) is 36.2 Å². The Kier molecular flexibility index (Phi) is 3.05. The largest absolute Gasteiger partial charge is 0.263 e. The summed E-state index contributed by atoms with van der Waals surface area (Å²) in [5.74, 6) is 0. The predicted molar refractivity (Wildman–Crippen MR) is 76.5 cm³/mol. The number of aryl methyl sites for hydroxylation is 1. The van der Waals surface area contributed by atoms with E-state index in [0.29, 0.717) is 5.02 Å². The monoisotopic (exact) mass is 269 g/mol. The fourth-order valence-electron chi connectivity index (χ4n) is 1.98. The molecule has 94 valence electrons. The topological polar surface area (TPSA) is 30.7 Å².